The van der Waals surface area contributed by atoms with Gasteiger partial charge in [-0.1, -0.05) is 13.0 Å². The molecule has 0 aliphatic carbocycles. The summed E-state index contributed by atoms with van der Waals surface area (Å²) in [7, 11) is -1.64. The van der Waals surface area contributed by atoms with Crippen LogP contribution in [0.5, 0.6) is 0 Å². The normalized spacial score (nSPS) is 22.5. The van der Waals surface area contributed by atoms with Gasteiger partial charge in [0.25, 0.3) is 10.2 Å². The van der Waals surface area contributed by atoms with Gasteiger partial charge >= 0.3 is 0 Å². The first-order valence-corrected chi connectivity index (χ1v) is 8.51. The molecule has 0 radical (unpaired) electrons. The molecule has 0 N–H and O–H groups in total. The predicted octanol–water partition coefficient (Wildman–Crippen LogP) is 2.16. The molecule has 0 amide bonds. The Morgan fingerprint density at radius 3 is 2.94 bits per heavy atom. The molecule has 1 aromatic heterocycles. The number of piperidine rings is 1. The van der Waals surface area contributed by atoms with Crippen molar-refractivity contribution in [3.8, 4) is 0 Å². The fourth-order valence-electron chi connectivity index (χ4n) is 2.26. The molecule has 4 nitrogen and oxygen atoms in total. The van der Waals surface area contributed by atoms with Crippen LogP contribution < -0.4 is 0 Å². The Kier molecular flexibility index (Phi) is 4.42. The summed E-state index contributed by atoms with van der Waals surface area (Å²) in [6, 6.07) is 3.92. The van der Waals surface area contributed by atoms with Crippen LogP contribution in [0.2, 0.25) is 0 Å². The summed E-state index contributed by atoms with van der Waals surface area (Å²) in [6.07, 6.45) is 2.09. The number of hydrogen-bond acceptors (Lipinski definition) is 3. The summed E-state index contributed by atoms with van der Waals surface area (Å²) in [4.78, 5) is 1.08. The molecule has 0 saturated carbocycles. The Bertz CT molecular complexity index is 470. The second-order valence-electron chi connectivity index (χ2n) is 4.95. The van der Waals surface area contributed by atoms with Crippen molar-refractivity contribution < 1.29 is 8.42 Å². The minimum atomic E-state index is -3.30. The lowest BCUT2D eigenvalue weighted by molar-refractivity contribution is 0.263. The first-order valence-electron chi connectivity index (χ1n) is 6.24. The molecule has 18 heavy (non-hydrogen) atoms. The zero-order chi connectivity index (χ0) is 13.2. The van der Waals surface area contributed by atoms with Crippen LogP contribution in [0.15, 0.2) is 17.5 Å². The molecule has 102 valence electrons. The Morgan fingerprint density at radius 2 is 2.33 bits per heavy atom. The van der Waals surface area contributed by atoms with Gasteiger partial charge in [0.2, 0.25) is 0 Å². The Hall–Kier alpha value is -0.430. The highest BCUT2D eigenvalue weighted by molar-refractivity contribution is 7.86. The highest BCUT2D eigenvalue weighted by Crippen LogP contribution is 2.21. The molecule has 0 unspecified atom stereocenters. The van der Waals surface area contributed by atoms with Gasteiger partial charge in [0.1, 0.15) is 0 Å². The molecule has 0 spiro atoms. The largest absolute Gasteiger partial charge is 0.282 e. The molecule has 6 heteroatoms. The molecule has 1 aliphatic rings. The number of hydrogen-bond donors (Lipinski definition) is 0. The van der Waals surface area contributed by atoms with Crippen LogP contribution in [0.1, 0.15) is 24.6 Å². The summed E-state index contributed by atoms with van der Waals surface area (Å²) < 4.78 is 27.9. The Labute approximate surface area is 113 Å². The third kappa shape index (κ3) is 3.12. The van der Waals surface area contributed by atoms with Crippen molar-refractivity contribution in [2.24, 2.45) is 5.92 Å². The summed E-state index contributed by atoms with van der Waals surface area (Å²) in [5.74, 6) is 0.462. The molecule has 0 aromatic carbocycles. The van der Waals surface area contributed by atoms with Crippen LogP contribution in [0.4, 0.5) is 0 Å². The zero-order valence-corrected chi connectivity index (χ0v) is 12.5. The Morgan fingerprint density at radius 1 is 1.56 bits per heavy atom. The second-order valence-corrected chi connectivity index (χ2v) is 8.02. The highest BCUT2D eigenvalue weighted by atomic mass is 32.2. The van der Waals surface area contributed by atoms with Gasteiger partial charge in [0.15, 0.2) is 0 Å². The first-order chi connectivity index (χ1) is 8.50. The summed E-state index contributed by atoms with van der Waals surface area (Å²) >= 11 is 1.59. The molecule has 1 atom stereocenters. The molecule has 1 fully saturated rings. The molecular formula is C12H20N2O2S2. The van der Waals surface area contributed by atoms with Gasteiger partial charge in [-0.15, -0.1) is 11.3 Å². The van der Waals surface area contributed by atoms with Crippen LogP contribution in [0.3, 0.4) is 0 Å². The fraction of sp³-hybridized carbons (Fsp3) is 0.667. The van der Waals surface area contributed by atoms with E-state index >= 15 is 0 Å². The van der Waals surface area contributed by atoms with Crippen molar-refractivity contribution in [1.82, 2.24) is 8.61 Å². The topological polar surface area (TPSA) is 40.6 Å². The van der Waals surface area contributed by atoms with E-state index in [1.807, 2.05) is 17.5 Å². The van der Waals surface area contributed by atoms with Crippen molar-refractivity contribution in [1.29, 1.82) is 0 Å². The van der Waals surface area contributed by atoms with E-state index in [2.05, 4.69) is 6.92 Å². The Balaban J connectivity index is 2.05. The van der Waals surface area contributed by atoms with Crippen LogP contribution >= 0.6 is 11.3 Å². The average molecular weight is 288 g/mol. The first kappa shape index (κ1) is 14.0. The lowest BCUT2D eigenvalue weighted by atomic mass is 10.0. The summed E-state index contributed by atoms with van der Waals surface area (Å²) in [6.45, 7) is 3.88. The van der Waals surface area contributed by atoms with Crippen molar-refractivity contribution in [3.63, 3.8) is 0 Å². The van der Waals surface area contributed by atoms with E-state index in [4.69, 9.17) is 0 Å². The van der Waals surface area contributed by atoms with E-state index < -0.39 is 10.2 Å². The van der Waals surface area contributed by atoms with E-state index in [1.54, 1.807) is 22.7 Å². The highest BCUT2D eigenvalue weighted by Gasteiger charge is 2.30. The number of thiophene rings is 1. The lowest BCUT2D eigenvalue weighted by Gasteiger charge is -2.32. The minimum absolute atomic E-state index is 0.462. The third-order valence-electron chi connectivity index (χ3n) is 3.30. The van der Waals surface area contributed by atoms with E-state index in [0.717, 1.165) is 17.7 Å². The van der Waals surface area contributed by atoms with Gasteiger partial charge in [-0.25, -0.2) is 0 Å². The molecule has 2 rings (SSSR count). The maximum Gasteiger partial charge on any atom is 0.282 e. The monoisotopic (exact) mass is 288 g/mol. The summed E-state index contributed by atoms with van der Waals surface area (Å²) in [5.41, 5.74) is 0. The second kappa shape index (κ2) is 5.69. The van der Waals surface area contributed by atoms with Gasteiger partial charge < -0.3 is 0 Å². The molecule has 1 aromatic rings. The summed E-state index contributed by atoms with van der Waals surface area (Å²) in [5, 5.41) is 1.97. The maximum absolute atomic E-state index is 12.4. The maximum atomic E-state index is 12.4. The van der Waals surface area contributed by atoms with E-state index in [9.17, 15) is 8.42 Å². The minimum Gasteiger partial charge on any atom is -0.195 e. The van der Waals surface area contributed by atoms with Crippen LogP contribution in [-0.2, 0) is 16.8 Å². The smallest absolute Gasteiger partial charge is 0.195 e. The quantitative estimate of drug-likeness (QED) is 0.852. The number of nitrogens with zero attached hydrogens (tertiary/aromatic N) is 2. The molecule has 2 heterocycles. The lowest BCUT2D eigenvalue weighted by Crippen LogP contribution is -2.45. The average Bonchev–Trinajstić information content (AvgIpc) is 2.81. The van der Waals surface area contributed by atoms with Crippen LogP contribution in [-0.4, -0.2) is 37.2 Å². The van der Waals surface area contributed by atoms with Crippen molar-refractivity contribution in [3.05, 3.63) is 22.4 Å². The van der Waals surface area contributed by atoms with E-state index in [0.29, 0.717) is 25.6 Å². The van der Waals surface area contributed by atoms with Crippen molar-refractivity contribution >= 4 is 21.5 Å². The SMILES string of the molecule is C[C@@H]1CCCN(S(=O)(=O)N(C)Cc2cccs2)C1. The van der Waals surface area contributed by atoms with Gasteiger partial charge in [0, 0.05) is 31.6 Å². The van der Waals surface area contributed by atoms with E-state index in [1.165, 1.54) is 4.31 Å². The van der Waals surface area contributed by atoms with Gasteiger partial charge in [0.05, 0.1) is 0 Å². The van der Waals surface area contributed by atoms with E-state index in [-0.39, 0.29) is 0 Å². The van der Waals surface area contributed by atoms with Gasteiger partial charge in [-0.2, -0.15) is 17.0 Å². The van der Waals surface area contributed by atoms with Crippen LogP contribution in [0.25, 0.3) is 0 Å². The molecule has 0 bridgehead atoms. The standard InChI is InChI=1S/C12H20N2O2S2/c1-11-5-3-7-14(9-11)18(15,16)13(2)10-12-6-4-8-17-12/h4,6,8,11H,3,5,7,9-10H2,1-2H3/t11-/m1/s1. The zero-order valence-electron chi connectivity index (χ0n) is 10.9. The van der Waals surface area contributed by atoms with Crippen molar-refractivity contribution in [2.75, 3.05) is 20.1 Å². The molecule has 1 aliphatic heterocycles. The molecule has 1 saturated heterocycles. The van der Waals surface area contributed by atoms with Gasteiger partial charge in [-0.3, -0.25) is 0 Å². The fourth-order valence-corrected chi connectivity index (χ4v) is 4.59. The predicted molar refractivity (Wildman–Crippen MR) is 74.7 cm³/mol. The van der Waals surface area contributed by atoms with Gasteiger partial charge in [-0.05, 0) is 30.2 Å². The number of rotatable bonds is 4. The van der Waals surface area contributed by atoms with Crippen LogP contribution in [0, 0.1) is 5.92 Å². The van der Waals surface area contributed by atoms with Crippen molar-refractivity contribution in [2.45, 2.75) is 26.3 Å². The molecular weight excluding hydrogens is 268 g/mol. The third-order valence-corrected chi connectivity index (χ3v) is 6.06.